The van der Waals surface area contributed by atoms with Crippen LogP contribution in [0.2, 0.25) is 0 Å². The van der Waals surface area contributed by atoms with Gasteiger partial charge in [0.15, 0.2) is 9.84 Å². The zero-order valence-corrected chi connectivity index (χ0v) is 6.39. The maximum atomic E-state index is 10.9. The summed E-state index contributed by atoms with van der Waals surface area (Å²) in [7, 11) is -2.87. The molecule has 1 fully saturated rings. The number of hydrogen-bond donors (Lipinski definition) is 2. The fourth-order valence-corrected chi connectivity index (χ4v) is 2.42. The van der Waals surface area contributed by atoms with E-state index < -0.39 is 9.84 Å². The van der Waals surface area contributed by atoms with Gasteiger partial charge in [-0.05, 0) is 0 Å². The van der Waals surface area contributed by atoms with Crippen LogP contribution in [-0.4, -0.2) is 44.2 Å². The molecule has 1 saturated heterocycles. The fourth-order valence-electron chi connectivity index (χ4n) is 0.985. The summed E-state index contributed by atoms with van der Waals surface area (Å²) in [4.78, 5) is 0. The van der Waals surface area contributed by atoms with Gasteiger partial charge in [0.05, 0.1) is 18.1 Å². The lowest BCUT2D eigenvalue weighted by atomic mass is 10.3. The van der Waals surface area contributed by atoms with Gasteiger partial charge in [0.1, 0.15) is 0 Å². The Hall–Kier alpha value is -0.130. The minimum absolute atomic E-state index is 0.0729. The van der Waals surface area contributed by atoms with E-state index in [1.807, 2.05) is 0 Å². The average Bonchev–Trinajstić information content (AvgIpc) is 1.86. The second-order valence-corrected chi connectivity index (χ2v) is 4.68. The normalized spacial score (nSPS) is 31.9. The summed E-state index contributed by atoms with van der Waals surface area (Å²) in [6.45, 7) is 0.368. The summed E-state index contributed by atoms with van der Waals surface area (Å²) in [5, 5.41) is 11.5. The molecule has 0 radical (unpaired) electrons. The van der Waals surface area contributed by atoms with Crippen LogP contribution in [0, 0.1) is 0 Å². The molecule has 0 aromatic rings. The van der Waals surface area contributed by atoms with Gasteiger partial charge in [-0.2, -0.15) is 0 Å². The van der Waals surface area contributed by atoms with Gasteiger partial charge < -0.3 is 10.4 Å². The minimum Gasteiger partial charge on any atom is -0.395 e. The lowest BCUT2D eigenvalue weighted by Crippen LogP contribution is -2.46. The van der Waals surface area contributed by atoms with E-state index in [1.54, 1.807) is 0 Å². The first-order chi connectivity index (χ1) is 4.64. The Balaban J connectivity index is 2.56. The Morgan fingerprint density at radius 1 is 1.60 bits per heavy atom. The summed E-state index contributed by atoms with van der Waals surface area (Å²) >= 11 is 0. The molecule has 0 saturated carbocycles. The molecule has 1 rings (SSSR count). The van der Waals surface area contributed by atoms with Gasteiger partial charge in [-0.15, -0.1) is 0 Å². The van der Waals surface area contributed by atoms with E-state index in [2.05, 4.69) is 5.32 Å². The van der Waals surface area contributed by atoms with Crippen molar-refractivity contribution in [2.75, 3.05) is 24.7 Å². The number of hydrogen-bond acceptors (Lipinski definition) is 4. The molecular formula is C5H11NO3S. The highest BCUT2D eigenvalue weighted by Gasteiger charge is 2.22. The molecule has 60 valence electrons. The van der Waals surface area contributed by atoms with Crippen LogP contribution in [0.25, 0.3) is 0 Å². The summed E-state index contributed by atoms with van der Waals surface area (Å²) in [5.41, 5.74) is 0. The molecular weight excluding hydrogens is 154 g/mol. The molecule has 0 unspecified atom stereocenters. The van der Waals surface area contributed by atoms with E-state index >= 15 is 0 Å². The molecule has 1 atom stereocenters. The van der Waals surface area contributed by atoms with Gasteiger partial charge in [0.25, 0.3) is 0 Å². The van der Waals surface area contributed by atoms with Crippen molar-refractivity contribution < 1.29 is 13.5 Å². The maximum Gasteiger partial charge on any atom is 0.153 e. The molecule has 10 heavy (non-hydrogen) atoms. The lowest BCUT2D eigenvalue weighted by Gasteiger charge is -2.21. The molecule has 5 heteroatoms. The molecule has 1 aliphatic heterocycles. The van der Waals surface area contributed by atoms with E-state index in [9.17, 15) is 8.42 Å². The first kappa shape index (κ1) is 7.97. The van der Waals surface area contributed by atoms with Gasteiger partial charge >= 0.3 is 0 Å². The van der Waals surface area contributed by atoms with Crippen LogP contribution in [0.5, 0.6) is 0 Å². The monoisotopic (exact) mass is 165 g/mol. The third-order valence-corrected chi connectivity index (χ3v) is 3.26. The Labute approximate surface area is 60.2 Å². The maximum absolute atomic E-state index is 10.9. The lowest BCUT2D eigenvalue weighted by molar-refractivity contribution is 0.252. The van der Waals surface area contributed by atoms with Crippen molar-refractivity contribution in [1.82, 2.24) is 5.32 Å². The van der Waals surface area contributed by atoms with Crippen molar-refractivity contribution in [1.29, 1.82) is 0 Å². The van der Waals surface area contributed by atoms with E-state index in [4.69, 9.17) is 5.11 Å². The molecule has 0 spiro atoms. The summed E-state index contributed by atoms with van der Waals surface area (Å²) in [6.07, 6.45) is 0. The van der Waals surface area contributed by atoms with Crippen LogP contribution in [-0.2, 0) is 9.84 Å². The topological polar surface area (TPSA) is 66.4 Å². The van der Waals surface area contributed by atoms with Crippen molar-refractivity contribution in [3.05, 3.63) is 0 Å². The van der Waals surface area contributed by atoms with Crippen LogP contribution >= 0.6 is 0 Å². The van der Waals surface area contributed by atoms with Crippen LogP contribution < -0.4 is 5.32 Å². The van der Waals surface area contributed by atoms with E-state index in [1.165, 1.54) is 0 Å². The number of sulfone groups is 1. The van der Waals surface area contributed by atoms with Crippen molar-refractivity contribution >= 4 is 9.84 Å². The van der Waals surface area contributed by atoms with Crippen LogP contribution in [0.4, 0.5) is 0 Å². The first-order valence-corrected chi connectivity index (χ1v) is 5.01. The molecule has 0 amide bonds. The SMILES string of the molecule is O=S1(=O)CCN[C@H](CO)C1. The molecule has 4 nitrogen and oxygen atoms in total. The predicted octanol–water partition coefficient (Wildman–Crippen LogP) is -1.63. The van der Waals surface area contributed by atoms with Crippen molar-refractivity contribution in [2.45, 2.75) is 6.04 Å². The van der Waals surface area contributed by atoms with E-state index in [0.29, 0.717) is 6.54 Å². The summed E-state index contributed by atoms with van der Waals surface area (Å²) in [5.74, 6) is 0.271. The standard InChI is InChI=1S/C5H11NO3S/c7-3-5-4-10(8,9)2-1-6-5/h5-7H,1-4H2/t5-/m1/s1. The Bertz CT molecular complexity index is 199. The highest BCUT2D eigenvalue weighted by Crippen LogP contribution is 1.99. The van der Waals surface area contributed by atoms with Crippen LogP contribution in [0.1, 0.15) is 0 Å². The summed E-state index contributed by atoms with van der Waals surface area (Å²) < 4.78 is 21.7. The molecule has 0 aromatic carbocycles. The third kappa shape index (κ3) is 1.93. The van der Waals surface area contributed by atoms with Gasteiger partial charge in [-0.3, -0.25) is 0 Å². The predicted molar refractivity (Wildman–Crippen MR) is 37.5 cm³/mol. The fraction of sp³-hybridized carbons (Fsp3) is 1.00. The van der Waals surface area contributed by atoms with E-state index in [0.717, 1.165) is 0 Å². The summed E-state index contributed by atoms with van der Waals surface area (Å²) in [6, 6.07) is -0.251. The third-order valence-electron chi connectivity index (χ3n) is 1.52. The van der Waals surface area contributed by atoms with Crippen LogP contribution in [0.15, 0.2) is 0 Å². The molecule has 0 aromatic heterocycles. The number of aliphatic hydroxyl groups excluding tert-OH is 1. The quantitative estimate of drug-likeness (QED) is 0.489. The zero-order valence-electron chi connectivity index (χ0n) is 5.58. The van der Waals surface area contributed by atoms with Crippen molar-refractivity contribution in [3.8, 4) is 0 Å². The second kappa shape index (κ2) is 2.86. The number of nitrogens with one attached hydrogen (secondary N) is 1. The highest BCUT2D eigenvalue weighted by atomic mass is 32.2. The van der Waals surface area contributed by atoms with Crippen LogP contribution in [0.3, 0.4) is 0 Å². The Kier molecular flexibility index (Phi) is 2.28. The van der Waals surface area contributed by atoms with Gasteiger partial charge in [0.2, 0.25) is 0 Å². The average molecular weight is 165 g/mol. The van der Waals surface area contributed by atoms with Crippen molar-refractivity contribution in [2.24, 2.45) is 0 Å². The van der Waals surface area contributed by atoms with Gasteiger partial charge in [-0.1, -0.05) is 0 Å². The van der Waals surface area contributed by atoms with Crippen molar-refractivity contribution in [3.63, 3.8) is 0 Å². The smallest absolute Gasteiger partial charge is 0.153 e. The molecule has 1 aliphatic rings. The Morgan fingerprint density at radius 3 is 2.70 bits per heavy atom. The van der Waals surface area contributed by atoms with E-state index in [-0.39, 0.29) is 24.2 Å². The molecule has 1 heterocycles. The molecule has 0 aliphatic carbocycles. The first-order valence-electron chi connectivity index (χ1n) is 3.19. The highest BCUT2D eigenvalue weighted by molar-refractivity contribution is 7.91. The van der Waals surface area contributed by atoms with Gasteiger partial charge in [0, 0.05) is 12.6 Å². The minimum atomic E-state index is -2.87. The number of aliphatic hydroxyl groups is 1. The molecule has 2 N–H and O–H groups in total. The molecule has 0 bridgehead atoms. The Morgan fingerprint density at radius 2 is 2.30 bits per heavy atom. The zero-order chi connectivity index (χ0) is 7.61. The largest absolute Gasteiger partial charge is 0.395 e. The number of rotatable bonds is 1. The van der Waals surface area contributed by atoms with Gasteiger partial charge in [-0.25, -0.2) is 8.42 Å². The second-order valence-electron chi connectivity index (χ2n) is 2.45.